The topological polar surface area (TPSA) is 15.3 Å². The highest BCUT2D eigenvalue weighted by atomic mass is 15.1. The van der Waals surface area contributed by atoms with Crippen LogP contribution in [-0.4, -0.2) is 37.6 Å². The summed E-state index contributed by atoms with van der Waals surface area (Å²) >= 11 is 0. The number of hydrogen-bond donors (Lipinski definition) is 1. The fourth-order valence-corrected chi connectivity index (χ4v) is 3.34. The molecular weight excluding hydrogens is 232 g/mol. The van der Waals surface area contributed by atoms with Gasteiger partial charge >= 0.3 is 0 Å². The van der Waals surface area contributed by atoms with Gasteiger partial charge in [0.2, 0.25) is 0 Å². The molecule has 0 saturated carbocycles. The third-order valence-electron chi connectivity index (χ3n) is 4.94. The standard InChI is InChI=1S/C17H36N2/c1-16(2,3)14-8-11-19(12-9-14)13-10-15(18-7)17(4,5)6/h14-15,18H,8-13H2,1-7H3. The van der Waals surface area contributed by atoms with Gasteiger partial charge in [-0.3, -0.25) is 0 Å². The van der Waals surface area contributed by atoms with E-state index in [1.54, 1.807) is 0 Å². The highest BCUT2D eigenvalue weighted by Crippen LogP contribution is 2.34. The molecule has 0 amide bonds. The van der Waals surface area contributed by atoms with Crippen LogP contribution >= 0.6 is 0 Å². The first-order valence-electron chi connectivity index (χ1n) is 8.04. The van der Waals surface area contributed by atoms with Crippen molar-refractivity contribution in [1.29, 1.82) is 0 Å². The molecule has 1 rings (SSSR count). The van der Waals surface area contributed by atoms with Gasteiger partial charge in [0.15, 0.2) is 0 Å². The number of piperidine rings is 1. The van der Waals surface area contributed by atoms with E-state index in [1.807, 2.05) is 0 Å². The van der Waals surface area contributed by atoms with Crippen LogP contribution in [0.15, 0.2) is 0 Å². The van der Waals surface area contributed by atoms with Crippen LogP contribution in [-0.2, 0) is 0 Å². The summed E-state index contributed by atoms with van der Waals surface area (Å²) in [5.41, 5.74) is 0.851. The van der Waals surface area contributed by atoms with Crippen LogP contribution in [0.25, 0.3) is 0 Å². The summed E-state index contributed by atoms with van der Waals surface area (Å²) in [6.07, 6.45) is 4.02. The summed E-state index contributed by atoms with van der Waals surface area (Å²) in [5, 5.41) is 3.49. The molecule has 0 aromatic rings. The van der Waals surface area contributed by atoms with Crippen molar-refractivity contribution >= 4 is 0 Å². The van der Waals surface area contributed by atoms with Gasteiger partial charge in [-0.05, 0) is 62.7 Å². The van der Waals surface area contributed by atoms with Crippen LogP contribution in [0.5, 0.6) is 0 Å². The first-order chi connectivity index (χ1) is 8.64. The molecule has 2 heteroatoms. The molecule has 0 aliphatic carbocycles. The predicted molar refractivity (Wildman–Crippen MR) is 85.5 cm³/mol. The molecule has 1 N–H and O–H groups in total. The summed E-state index contributed by atoms with van der Waals surface area (Å²) in [5.74, 6) is 0.909. The highest BCUT2D eigenvalue weighted by molar-refractivity contribution is 4.83. The summed E-state index contributed by atoms with van der Waals surface area (Å²) in [6.45, 7) is 18.0. The van der Waals surface area contributed by atoms with Gasteiger partial charge in [0, 0.05) is 6.04 Å². The van der Waals surface area contributed by atoms with E-state index in [4.69, 9.17) is 0 Å². The molecule has 0 spiro atoms. The van der Waals surface area contributed by atoms with E-state index in [2.05, 4.69) is 58.8 Å². The second-order valence-corrected chi connectivity index (χ2v) is 8.48. The van der Waals surface area contributed by atoms with Gasteiger partial charge in [0.25, 0.3) is 0 Å². The largest absolute Gasteiger partial charge is 0.316 e. The van der Waals surface area contributed by atoms with Gasteiger partial charge in [-0.2, -0.15) is 0 Å². The van der Waals surface area contributed by atoms with E-state index in [-0.39, 0.29) is 0 Å². The van der Waals surface area contributed by atoms with Gasteiger partial charge in [0.1, 0.15) is 0 Å². The van der Waals surface area contributed by atoms with E-state index >= 15 is 0 Å². The normalized spacial score (nSPS) is 21.6. The second kappa shape index (κ2) is 6.58. The van der Waals surface area contributed by atoms with Gasteiger partial charge in [0.05, 0.1) is 0 Å². The minimum absolute atomic E-state index is 0.360. The van der Waals surface area contributed by atoms with Crippen LogP contribution < -0.4 is 5.32 Å². The predicted octanol–water partition coefficient (Wildman–Crippen LogP) is 3.77. The Labute approximate surface area is 121 Å². The van der Waals surface area contributed by atoms with Crippen molar-refractivity contribution in [2.75, 3.05) is 26.7 Å². The minimum atomic E-state index is 0.360. The molecule has 1 aliphatic rings. The van der Waals surface area contributed by atoms with Gasteiger partial charge in [-0.25, -0.2) is 0 Å². The molecule has 0 radical (unpaired) electrons. The van der Waals surface area contributed by atoms with Crippen LogP contribution in [0.3, 0.4) is 0 Å². The Balaban J connectivity index is 2.34. The molecular formula is C17H36N2. The number of rotatable bonds is 4. The van der Waals surface area contributed by atoms with Crippen molar-refractivity contribution in [2.24, 2.45) is 16.7 Å². The zero-order valence-electron chi connectivity index (χ0n) is 14.3. The average Bonchev–Trinajstić information content (AvgIpc) is 2.27. The maximum Gasteiger partial charge on any atom is 0.0125 e. The number of nitrogens with zero attached hydrogens (tertiary/aromatic N) is 1. The van der Waals surface area contributed by atoms with Crippen LogP contribution in [0, 0.1) is 16.7 Å². The Kier molecular flexibility index (Phi) is 5.88. The molecule has 1 heterocycles. The maximum absolute atomic E-state index is 3.49. The Morgan fingerprint density at radius 1 is 1.05 bits per heavy atom. The lowest BCUT2D eigenvalue weighted by Gasteiger charge is -2.40. The lowest BCUT2D eigenvalue weighted by molar-refractivity contribution is 0.105. The molecule has 19 heavy (non-hydrogen) atoms. The number of nitrogens with one attached hydrogen (secondary N) is 1. The molecule has 2 nitrogen and oxygen atoms in total. The lowest BCUT2D eigenvalue weighted by Crippen LogP contribution is -2.43. The zero-order valence-corrected chi connectivity index (χ0v) is 14.3. The Hall–Kier alpha value is -0.0800. The first kappa shape index (κ1) is 17.0. The second-order valence-electron chi connectivity index (χ2n) is 8.48. The van der Waals surface area contributed by atoms with Gasteiger partial charge < -0.3 is 10.2 Å². The van der Waals surface area contributed by atoms with Crippen LogP contribution in [0.2, 0.25) is 0 Å². The zero-order chi connectivity index (χ0) is 14.7. The molecule has 0 aromatic heterocycles. The highest BCUT2D eigenvalue weighted by Gasteiger charge is 2.29. The fourth-order valence-electron chi connectivity index (χ4n) is 3.34. The van der Waals surface area contributed by atoms with E-state index in [0.717, 1.165) is 5.92 Å². The Bertz CT molecular complexity index is 251. The average molecular weight is 268 g/mol. The molecule has 114 valence electrons. The van der Waals surface area contributed by atoms with E-state index < -0.39 is 0 Å². The quantitative estimate of drug-likeness (QED) is 0.835. The minimum Gasteiger partial charge on any atom is -0.316 e. The third kappa shape index (κ3) is 5.43. The van der Waals surface area contributed by atoms with Crippen molar-refractivity contribution in [1.82, 2.24) is 10.2 Å². The molecule has 1 saturated heterocycles. The third-order valence-corrected chi connectivity index (χ3v) is 4.94. The summed E-state index contributed by atoms with van der Waals surface area (Å²) in [7, 11) is 2.10. The monoisotopic (exact) mass is 268 g/mol. The first-order valence-corrected chi connectivity index (χ1v) is 8.04. The van der Waals surface area contributed by atoms with E-state index in [9.17, 15) is 0 Å². The van der Waals surface area contributed by atoms with Crippen molar-refractivity contribution in [2.45, 2.75) is 66.8 Å². The van der Waals surface area contributed by atoms with E-state index in [1.165, 1.54) is 38.9 Å². The van der Waals surface area contributed by atoms with Crippen molar-refractivity contribution in [3.63, 3.8) is 0 Å². The SMILES string of the molecule is CNC(CCN1CCC(C(C)(C)C)CC1)C(C)(C)C. The smallest absolute Gasteiger partial charge is 0.0125 e. The van der Waals surface area contributed by atoms with Gasteiger partial charge in [-0.15, -0.1) is 0 Å². The number of hydrogen-bond acceptors (Lipinski definition) is 2. The van der Waals surface area contributed by atoms with E-state index in [0.29, 0.717) is 16.9 Å². The van der Waals surface area contributed by atoms with Crippen molar-refractivity contribution in [3.05, 3.63) is 0 Å². The van der Waals surface area contributed by atoms with Crippen LogP contribution in [0.1, 0.15) is 60.8 Å². The van der Waals surface area contributed by atoms with Gasteiger partial charge in [-0.1, -0.05) is 41.5 Å². The molecule has 0 aromatic carbocycles. The molecule has 1 aliphatic heterocycles. The lowest BCUT2D eigenvalue weighted by atomic mass is 9.75. The molecule has 1 unspecified atom stereocenters. The summed E-state index contributed by atoms with van der Waals surface area (Å²) in [6, 6.07) is 0.618. The molecule has 1 atom stereocenters. The summed E-state index contributed by atoms with van der Waals surface area (Å²) < 4.78 is 0. The maximum atomic E-state index is 3.49. The summed E-state index contributed by atoms with van der Waals surface area (Å²) in [4.78, 5) is 2.66. The molecule has 1 fully saturated rings. The Morgan fingerprint density at radius 2 is 1.58 bits per heavy atom. The van der Waals surface area contributed by atoms with Crippen LogP contribution in [0.4, 0.5) is 0 Å². The van der Waals surface area contributed by atoms with Crippen molar-refractivity contribution in [3.8, 4) is 0 Å². The number of likely N-dealkylation sites (tertiary alicyclic amines) is 1. The van der Waals surface area contributed by atoms with Crippen molar-refractivity contribution < 1.29 is 0 Å². The Morgan fingerprint density at radius 3 is 1.95 bits per heavy atom. The fraction of sp³-hybridized carbons (Fsp3) is 1.00. The molecule has 0 bridgehead atoms.